The minimum absolute atomic E-state index is 0.0635. The molecule has 0 radical (unpaired) electrons. The zero-order chi connectivity index (χ0) is 27.8. The largest absolute Gasteiger partial charge is 0.497 e. The number of hydrogen-bond donors (Lipinski definition) is 1. The molecular weight excluding hydrogens is 494 g/mol. The summed E-state index contributed by atoms with van der Waals surface area (Å²) in [5, 5.41) is 2.96. The summed E-state index contributed by atoms with van der Waals surface area (Å²) in [6.07, 6.45) is 2.13. The van der Waals surface area contributed by atoms with E-state index in [2.05, 4.69) is 5.32 Å². The molecule has 1 N–H and O–H groups in total. The summed E-state index contributed by atoms with van der Waals surface area (Å²) in [6.45, 7) is 7.30. The molecule has 37 heavy (non-hydrogen) atoms. The first-order valence-corrected chi connectivity index (χ1v) is 14.1. The van der Waals surface area contributed by atoms with Crippen molar-refractivity contribution in [2.45, 2.75) is 59.2 Å². The summed E-state index contributed by atoms with van der Waals surface area (Å²) in [6, 6.07) is 11.5. The minimum Gasteiger partial charge on any atom is -0.497 e. The van der Waals surface area contributed by atoms with Crippen LogP contribution in [0.5, 0.6) is 11.5 Å². The van der Waals surface area contributed by atoms with Crippen molar-refractivity contribution in [1.82, 2.24) is 10.2 Å². The van der Waals surface area contributed by atoms with Crippen molar-refractivity contribution in [1.29, 1.82) is 0 Å². The Kier molecular flexibility index (Phi) is 10.8. The second-order valence-electron chi connectivity index (χ2n) is 9.06. The highest BCUT2D eigenvalue weighted by molar-refractivity contribution is 7.92. The first-order valence-electron chi connectivity index (χ1n) is 12.3. The maximum Gasteiger partial charge on any atom is 0.244 e. The molecule has 0 aliphatic carbocycles. The number of hydrogen-bond acceptors (Lipinski definition) is 6. The third-order valence-corrected chi connectivity index (χ3v) is 7.32. The van der Waals surface area contributed by atoms with Gasteiger partial charge in [0, 0.05) is 18.7 Å². The van der Waals surface area contributed by atoms with Crippen LogP contribution in [0.2, 0.25) is 0 Å². The predicted octanol–water partition coefficient (Wildman–Crippen LogP) is 3.50. The van der Waals surface area contributed by atoms with Gasteiger partial charge in [-0.15, -0.1) is 0 Å². The first-order chi connectivity index (χ1) is 17.4. The van der Waals surface area contributed by atoms with E-state index < -0.39 is 28.5 Å². The normalized spacial score (nSPS) is 12.8. The van der Waals surface area contributed by atoms with Crippen LogP contribution in [0.4, 0.5) is 5.69 Å². The molecule has 2 aromatic carbocycles. The van der Waals surface area contributed by atoms with Crippen LogP contribution in [0, 0.1) is 6.92 Å². The number of benzene rings is 2. The molecule has 2 atom stereocenters. The van der Waals surface area contributed by atoms with Gasteiger partial charge >= 0.3 is 0 Å². The average Bonchev–Trinajstić information content (AvgIpc) is 2.86. The van der Waals surface area contributed by atoms with Crippen molar-refractivity contribution < 1.29 is 27.5 Å². The fraction of sp³-hybridized carbons (Fsp3) is 0.481. The van der Waals surface area contributed by atoms with Crippen LogP contribution in [0.15, 0.2) is 42.5 Å². The van der Waals surface area contributed by atoms with Gasteiger partial charge in [0.15, 0.2) is 0 Å². The van der Waals surface area contributed by atoms with E-state index in [-0.39, 0.29) is 29.9 Å². The second kappa shape index (κ2) is 13.3. The van der Waals surface area contributed by atoms with Crippen LogP contribution in [-0.4, -0.2) is 64.2 Å². The number of nitrogens with one attached hydrogen (secondary N) is 1. The van der Waals surface area contributed by atoms with E-state index in [1.54, 1.807) is 12.1 Å². The lowest BCUT2D eigenvalue weighted by molar-refractivity contribution is -0.140. The zero-order valence-electron chi connectivity index (χ0n) is 22.8. The first kappa shape index (κ1) is 30.0. The van der Waals surface area contributed by atoms with E-state index >= 15 is 0 Å². The highest BCUT2D eigenvalue weighted by Gasteiger charge is 2.33. The van der Waals surface area contributed by atoms with Gasteiger partial charge in [-0.3, -0.25) is 13.9 Å². The Labute approximate surface area is 220 Å². The quantitative estimate of drug-likeness (QED) is 0.423. The third kappa shape index (κ3) is 8.11. The lowest BCUT2D eigenvalue weighted by Gasteiger charge is -2.33. The minimum atomic E-state index is -3.91. The smallest absolute Gasteiger partial charge is 0.244 e. The molecule has 9 nitrogen and oxygen atoms in total. The van der Waals surface area contributed by atoms with Gasteiger partial charge in [-0.25, -0.2) is 8.42 Å². The molecule has 0 aromatic heterocycles. The number of aryl methyl sites for hydroxylation is 1. The van der Waals surface area contributed by atoms with Crippen LogP contribution in [0.1, 0.15) is 44.7 Å². The van der Waals surface area contributed by atoms with Crippen molar-refractivity contribution >= 4 is 27.5 Å². The Hall–Kier alpha value is -3.27. The molecule has 0 aliphatic rings. The standard InChI is InChI=1S/C27H39N3O6S/c1-8-20(4)28-27(32)23(9-2)29(17-21-12-10-19(3)11-13-21)26(31)18-30(37(7,33)34)24-16-22(35-5)14-15-25(24)36-6/h10-16,20,23H,8-9,17-18H2,1-7H3,(H,28,32)/t20-,23+/m1/s1. The van der Waals surface area contributed by atoms with Crippen molar-refractivity contribution in [3.8, 4) is 11.5 Å². The molecule has 204 valence electrons. The summed E-state index contributed by atoms with van der Waals surface area (Å²) >= 11 is 0. The lowest BCUT2D eigenvalue weighted by Crippen LogP contribution is -2.53. The summed E-state index contributed by atoms with van der Waals surface area (Å²) in [5.74, 6) is -0.109. The Balaban J connectivity index is 2.52. The predicted molar refractivity (Wildman–Crippen MR) is 145 cm³/mol. The summed E-state index contributed by atoms with van der Waals surface area (Å²) in [7, 11) is -1.02. The fourth-order valence-electron chi connectivity index (χ4n) is 3.84. The molecule has 0 aliphatic heterocycles. The van der Waals surface area contributed by atoms with Crippen LogP contribution in [0.3, 0.4) is 0 Å². The van der Waals surface area contributed by atoms with E-state index in [9.17, 15) is 18.0 Å². The highest BCUT2D eigenvalue weighted by Crippen LogP contribution is 2.34. The van der Waals surface area contributed by atoms with Gasteiger partial charge in [0.1, 0.15) is 24.1 Å². The van der Waals surface area contributed by atoms with Crippen molar-refractivity contribution in [3.05, 3.63) is 53.6 Å². The van der Waals surface area contributed by atoms with Gasteiger partial charge in [0.2, 0.25) is 21.8 Å². The van der Waals surface area contributed by atoms with Crippen molar-refractivity contribution in [2.75, 3.05) is 31.3 Å². The van der Waals surface area contributed by atoms with Gasteiger partial charge in [-0.05, 0) is 44.4 Å². The Morgan fingerprint density at radius 3 is 2.16 bits per heavy atom. The van der Waals surface area contributed by atoms with Gasteiger partial charge in [-0.2, -0.15) is 0 Å². The molecule has 0 bridgehead atoms. The van der Waals surface area contributed by atoms with E-state index in [4.69, 9.17) is 9.47 Å². The van der Waals surface area contributed by atoms with Gasteiger partial charge in [0.25, 0.3) is 0 Å². The topological polar surface area (TPSA) is 105 Å². The maximum absolute atomic E-state index is 13.8. The number of carbonyl (C=O) groups excluding carboxylic acids is 2. The molecule has 0 saturated heterocycles. The molecular formula is C27H39N3O6S. The molecule has 0 fully saturated rings. The molecule has 2 aromatic rings. The molecule has 10 heteroatoms. The monoisotopic (exact) mass is 533 g/mol. The lowest BCUT2D eigenvalue weighted by atomic mass is 10.1. The number of ether oxygens (including phenoxy) is 2. The van der Waals surface area contributed by atoms with Gasteiger partial charge < -0.3 is 19.7 Å². The Morgan fingerprint density at radius 2 is 1.65 bits per heavy atom. The Bertz CT molecular complexity index is 1170. The average molecular weight is 534 g/mol. The summed E-state index contributed by atoms with van der Waals surface area (Å²) in [5.41, 5.74) is 2.07. The zero-order valence-corrected chi connectivity index (χ0v) is 23.6. The van der Waals surface area contributed by atoms with Crippen molar-refractivity contribution in [3.63, 3.8) is 0 Å². The summed E-state index contributed by atoms with van der Waals surface area (Å²) in [4.78, 5) is 28.5. The molecule has 2 rings (SSSR count). The van der Waals surface area contributed by atoms with Crippen LogP contribution < -0.4 is 19.1 Å². The van der Waals surface area contributed by atoms with Crippen LogP contribution in [0.25, 0.3) is 0 Å². The summed E-state index contributed by atoms with van der Waals surface area (Å²) < 4.78 is 37.4. The second-order valence-corrected chi connectivity index (χ2v) is 11.0. The Morgan fingerprint density at radius 1 is 1.00 bits per heavy atom. The van der Waals surface area contributed by atoms with E-state index in [0.717, 1.165) is 28.1 Å². The van der Waals surface area contributed by atoms with Crippen molar-refractivity contribution in [2.24, 2.45) is 0 Å². The molecule has 2 amide bonds. The molecule has 0 heterocycles. The van der Waals surface area contributed by atoms with Crippen LogP contribution >= 0.6 is 0 Å². The SMILES string of the molecule is CC[C@@H](C)NC(=O)[C@H](CC)N(Cc1ccc(C)cc1)C(=O)CN(c1cc(OC)ccc1OC)S(C)(=O)=O. The molecule has 0 unspecified atom stereocenters. The molecule has 0 saturated carbocycles. The number of methoxy groups -OCH3 is 2. The number of carbonyl (C=O) groups is 2. The van der Waals surface area contributed by atoms with E-state index in [1.807, 2.05) is 52.0 Å². The molecule has 0 spiro atoms. The maximum atomic E-state index is 13.8. The number of amides is 2. The third-order valence-electron chi connectivity index (χ3n) is 6.19. The fourth-order valence-corrected chi connectivity index (χ4v) is 4.68. The van der Waals surface area contributed by atoms with Crippen LogP contribution in [-0.2, 0) is 26.2 Å². The van der Waals surface area contributed by atoms with Gasteiger partial charge in [0.05, 0.1) is 26.2 Å². The number of nitrogens with zero attached hydrogens (tertiary/aromatic N) is 2. The highest BCUT2D eigenvalue weighted by atomic mass is 32.2. The number of anilines is 1. The number of rotatable bonds is 13. The van der Waals surface area contributed by atoms with E-state index in [1.165, 1.54) is 25.2 Å². The van der Waals surface area contributed by atoms with Gasteiger partial charge in [-0.1, -0.05) is 43.7 Å². The van der Waals surface area contributed by atoms with E-state index in [0.29, 0.717) is 12.2 Å². The number of sulfonamides is 1.